The van der Waals surface area contributed by atoms with E-state index in [1.165, 1.54) is 0 Å². The van der Waals surface area contributed by atoms with E-state index < -0.39 is 0 Å². The summed E-state index contributed by atoms with van der Waals surface area (Å²) in [5.74, 6) is 0.781. The summed E-state index contributed by atoms with van der Waals surface area (Å²) in [4.78, 5) is 20.6. The molecule has 1 saturated carbocycles. The summed E-state index contributed by atoms with van der Waals surface area (Å²) in [6, 6.07) is 10.2. The van der Waals surface area contributed by atoms with Crippen molar-refractivity contribution >= 4 is 16.8 Å². The van der Waals surface area contributed by atoms with Gasteiger partial charge in [0.25, 0.3) is 5.91 Å². The van der Waals surface area contributed by atoms with Crippen molar-refractivity contribution in [2.24, 2.45) is 7.05 Å². The van der Waals surface area contributed by atoms with Gasteiger partial charge >= 0.3 is 0 Å². The highest BCUT2D eigenvalue weighted by molar-refractivity contribution is 5.92. The number of hydrogen-bond donors (Lipinski definition) is 1. The summed E-state index contributed by atoms with van der Waals surface area (Å²) in [5.41, 5.74) is 1.44. The van der Waals surface area contributed by atoms with Crippen LogP contribution in [-0.4, -0.2) is 32.6 Å². The molecule has 6 nitrogen and oxygen atoms in total. The zero-order valence-electron chi connectivity index (χ0n) is 14.8. The molecule has 0 atom stereocenters. The molecule has 1 amide bonds. The lowest BCUT2D eigenvalue weighted by Gasteiger charge is -2.29. The van der Waals surface area contributed by atoms with E-state index in [-0.39, 0.29) is 18.1 Å². The predicted octanol–water partition coefficient (Wildman–Crippen LogP) is 3.09. The van der Waals surface area contributed by atoms with Gasteiger partial charge in [0.1, 0.15) is 11.4 Å². The van der Waals surface area contributed by atoms with Crippen LogP contribution in [0.5, 0.6) is 5.75 Å². The highest BCUT2D eigenvalue weighted by Crippen LogP contribution is 2.26. The Morgan fingerprint density at radius 3 is 2.81 bits per heavy atom. The van der Waals surface area contributed by atoms with Crippen LogP contribution in [0.1, 0.15) is 36.2 Å². The van der Waals surface area contributed by atoms with Crippen molar-refractivity contribution in [3.63, 3.8) is 0 Å². The molecule has 3 aromatic rings. The minimum Gasteiger partial charge on any atom is -0.490 e. The maximum Gasteiger partial charge on any atom is 0.271 e. The zero-order valence-corrected chi connectivity index (χ0v) is 14.8. The predicted molar refractivity (Wildman–Crippen MR) is 99.1 cm³/mol. The molecule has 0 saturated heterocycles. The fourth-order valence-electron chi connectivity index (χ4n) is 3.43. The normalized spacial score (nSPS) is 20.0. The molecule has 0 unspecified atom stereocenters. The summed E-state index contributed by atoms with van der Waals surface area (Å²) < 4.78 is 7.93. The van der Waals surface area contributed by atoms with Gasteiger partial charge in [0.2, 0.25) is 0 Å². The highest BCUT2D eigenvalue weighted by atomic mass is 16.5. The third-order valence-corrected chi connectivity index (χ3v) is 4.82. The fraction of sp³-hybridized carbons (Fsp3) is 0.350. The molecule has 26 heavy (non-hydrogen) atoms. The van der Waals surface area contributed by atoms with Gasteiger partial charge in [0.05, 0.1) is 17.9 Å². The maximum atomic E-state index is 12.2. The average Bonchev–Trinajstić information content (AvgIpc) is 3.10. The largest absolute Gasteiger partial charge is 0.490 e. The van der Waals surface area contributed by atoms with E-state index >= 15 is 0 Å². The molecule has 2 aromatic heterocycles. The number of benzene rings is 1. The number of imidazole rings is 1. The molecule has 0 aliphatic heterocycles. The first-order valence-corrected chi connectivity index (χ1v) is 8.97. The summed E-state index contributed by atoms with van der Waals surface area (Å²) in [7, 11) is 1.86. The molecule has 0 spiro atoms. The van der Waals surface area contributed by atoms with Crippen LogP contribution in [0.2, 0.25) is 0 Å². The molecule has 1 aromatic carbocycles. The zero-order chi connectivity index (χ0) is 17.9. The first kappa shape index (κ1) is 16.6. The standard InChI is InChI=1S/C20H22N4O2/c1-24-12-19(22-13-24)20(25)23-15-4-6-16(7-5-15)26-17-8-9-18-14(11-17)3-2-10-21-18/h2-3,8-13,15-16H,4-7H2,1H3,(H,23,25). The first-order chi connectivity index (χ1) is 12.7. The Morgan fingerprint density at radius 2 is 2.04 bits per heavy atom. The minimum absolute atomic E-state index is 0.100. The summed E-state index contributed by atoms with van der Waals surface area (Å²) >= 11 is 0. The lowest BCUT2D eigenvalue weighted by atomic mass is 9.93. The quantitative estimate of drug-likeness (QED) is 0.785. The van der Waals surface area contributed by atoms with Crippen LogP contribution in [0.15, 0.2) is 49.1 Å². The van der Waals surface area contributed by atoms with Crippen LogP contribution >= 0.6 is 0 Å². The molecular formula is C20H22N4O2. The SMILES string of the molecule is Cn1cnc(C(=O)NC2CCC(Oc3ccc4ncccc4c3)CC2)c1. The average molecular weight is 350 g/mol. The molecule has 6 heteroatoms. The van der Waals surface area contributed by atoms with Crippen LogP contribution in [0.3, 0.4) is 0 Å². The number of hydrogen-bond acceptors (Lipinski definition) is 4. The van der Waals surface area contributed by atoms with Crippen molar-refractivity contribution in [3.05, 3.63) is 54.7 Å². The van der Waals surface area contributed by atoms with Gasteiger partial charge in [-0.3, -0.25) is 9.78 Å². The van der Waals surface area contributed by atoms with Crippen molar-refractivity contribution in [2.45, 2.75) is 37.8 Å². The number of carbonyl (C=O) groups excluding carboxylic acids is 1. The molecule has 2 heterocycles. The molecule has 4 rings (SSSR count). The number of rotatable bonds is 4. The van der Waals surface area contributed by atoms with Gasteiger partial charge in [-0.2, -0.15) is 0 Å². The second kappa shape index (κ2) is 7.15. The molecular weight excluding hydrogens is 328 g/mol. The smallest absolute Gasteiger partial charge is 0.271 e. The monoisotopic (exact) mass is 350 g/mol. The van der Waals surface area contributed by atoms with E-state index in [0.717, 1.165) is 42.3 Å². The van der Waals surface area contributed by atoms with Crippen molar-refractivity contribution in [1.82, 2.24) is 19.9 Å². The van der Waals surface area contributed by atoms with E-state index in [9.17, 15) is 4.79 Å². The molecule has 0 radical (unpaired) electrons. The van der Waals surface area contributed by atoms with E-state index in [0.29, 0.717) is 5.69 Å². The second-order valence-corrected chi connectivity index (χ2v) is 6.85. The lowest BCUT2D eigenvalue weighted by molar-refractivity contribution is 0.0889. The van der Waals surface area contributed by atoms with Crippen LogP contribution < -0.4 is 10.1 Å². The highest BCUT2D eigenvalue weighted by Gasteiger charge is 2.24. The van der Waals surface area contributed by atoms with Gasteiger partial charge in [0.15, 0.2) is 0 Å². The van der Waals surface area contributed by atoms with Crippen molar-refractivity contribution in [2.75, 3.05) is 0 Å². The van der Waals surface area contributed by atoms with E-state index in [1.807, 2.05) is 37.4 Å². The van der Waals surface area contributed by atoms with Crippen LogP contribution in [-0.2, 0) is 7.05 Å². The number of fused-ring (bicyclic) bond motifs is 1. The number of amides is 1. The number of carbonyl (C=O) groups is 1. The molecule has 0 bridgehead atoms. The van der Waals surface area contributed by atoms with Gasteiger partial charge in [-0.05, 0) is 49.9 Å². The third kappa shape index (κ3) is 3.69. The maximum absolute atomic E-state index is 12.2. The van der Waals surface area contributed by atoms with E-state index in [1.54, 1.807) is 23.3 Å². The number of aromatic nitrogens is 3. The van der Waals surface area contributed by atoms with Crippen molar-refractivity contribution < 1.29 is 9.53 Å². The molecule has 134 valence electrons. The number of nitrogens with one attached hydrogen (secondary N) is 1. The van der Waals surface area contributed by atoms with Crippen molar-refractivity contribution in [1.29, 1.82) is 0 Å². The Balaban J connectivity index is 1.31. The fourth-order valence-corrected chi connectivity index (χ4v) is 3.43. The topological polar surface area (TPSA) is 69.0 Å². The number of aryl methyl sites for hydroxylation is 1. The molecule has 1 N–H and O–H groups in total. The Morgan fingerprint density at radius 1 is 1.19 bits per heavy atom. The summed E-state index contributed by atoms with van der Waals surface area (Å²) in [5, 5.41) is 4.16. The minimum atomic E-state index is -0.100. The van der Waals surface area contributed by atoms with Crippen LogP contribution in [0.4, 0.5) is 0 Å². The first-order valence-electron chi connectivity index (χ1n) is 8.97. The number of pyridine rings is 1. The van der Waals surface area contributed by atoms with Crippen LogP contribution in [0.25, 0.3) is 10.9 Å². The Labute approximate surface area is 152 Å². The molecule has 1 aliphatic rings. The molecule has 1 aliphatic carbocycles. The number of nitrogens with zero attached hydrogens (tertiary/aromatic N) is 3. The van der Waals surface area contributed by atoms with Gasteiger partial charge in [-0.15, -0.1) is 0 Å². The second-order valence-electron chi connectivity index (χ2n) is 6.85. The third-order valence-electron chi connectivity index (χ3n) is 4.82. The van der Waals surface area contributed by atoms with Gasteiger partial charge in [-0.1, -0.05) is 6.07 Å². The Hall–Kier alpha value is -2.89. The summed E-state index contributed by atoms with van der Waals surface area (Å²) in [6.45, 7) is 0. The van der Waals surface area contributed by atoms with Gasteiger partial charge in [0, 0.05) is 30.9 Å². The van der Waals surface area contributed by atoms with Crippen molar-refractivity contribution in [3.8, 4) is 5.75 Å². The van der Waals surface area contributed by atoms with Crippen LogP contribution in [0, 0.1) is 0 Å². The van der Waals surface area contributed by atoms with Gasteiger partial charge < -0.3 is 14.6 Å². The Bertz CT molecular complexity index is 913. The van der Waals surface area contributed by atoms with E-state index in [4.69, 9.17) is 4.74 Å². The Kier molecular flexibility index (Phi) is 4.56. The van der Waals surface area contributed by atoms with Gasteiger partial charge in [-0.25, -0.2) is 4.98 Å². The lowest BCUT2D eigenvalue weighted by Crippen LogP contribution is -2.39. The van der Waals surface area contributed by atoms with E-state index in [2.05, 4.69) is 15.3 Å². The molecule has 1 fully saturated rings. The summed E-state index contributed by atoms with van der Waals surface area (Å²) in [6.07, 6.45) is 9.04. The number of ether oxygens (including phenoxy) is 1.